The van der Waals surface area contributed by atoms with Gasteiger partial charge in [0.15, 0.2) is 5.78 Å². The largest absolute Gasteiger partial charge is 0.492 e. The van der Waals surface area contributed by atoms with E-state index in [4.69, 9.17) is 4.74 Å². The van der Waals surface area contributed by atoms with Gasteiger partial charge in [-0.25, -0.2) is 0 Å². The third kappa shape index (κ3) is 2.51. The minimum atomic E-state index is -4.38. The first kappa shape index (κ1) is 13.7. The van der Waals surface area contributed by atoms with Crippen LogP contribution in [0, 0.1) is 0 Å². The van der Waals surface area contributed by atoms with Gasteiger partial charge < -0.3 is 4.74 Å². The van der Waals surface area contributed by atoms with Gasteiger partial charge >= 0.3 is 6.18 Å². The second-order valence-electron chi connectivity index (χ2n) is 4.84. The summed E-state index contributed by atoms with van der Waals surface area (Å²) in [4.78, 5) is 12.4. The van der Waals surface area contributed by atoms with Crippen LogP contribution in [0.5, 0.6) is 5.75 Å². The Balaban J connectivity index is 1.91. The quantitative estimate of drug-likeness (QED) is 0.792. The minimum absolute atomic E-state index is 0.128. The highest BCUT2D eigenvalue weighted by Gasteiger charge is 2.32. The van der Waals surface area contributed by atoms with E-state index in [9.17, 15) is 18.0 Å². The normalized spacial score (nSPS) is 18.0. The van der Waals surface area contributed by atoms with Crippen molar-refractivity contribution in [1.82, 2.24) is 0 Å². The third-order valence-electron chi connectivity index (χ3n) is 3.51. The van der Waals surface area contributed by atoms with Gasteiger partial charge in [-0.3, -0.25) is 4.79 Å². The molecule has 0 amide bonds. The SMILES string of the molecule is O=C1c2ccccc2OC[C@H]1c1ccc(C(F)(F)F)cc1. The van der Waals surface area contributed by atoms with E-state index in [-0.39, 0.29) is 12.4 Å². The van der Waals surface area contributed by atoms with Gasteiger partial charge in [0.1, 0.15) is 12.4 Å². The van der Waals surface area contributed by atoms with Crippen molar-refractivity contribution in [2.75, 3.05) is 6.61 Å². The second-order valence-corrected chi connectivity index (χ2v) is 4.84. The third-order valence-corrected chi connectivity index (χ3v) is 3.51. The van der Waals surface area contributed by atoms with Gasteiger partial charge in [-0.2, -0.15) is 13.2 Å². The van der Waals surface area contributed by atoms with Crippen LogP contribution in [-0.2, 0) is 6.18 Å². The van der Waals surface area contributed by atoms with Gasteiger partial charge in [0, 0.05) is 0 Å². The number of carbonyl (C=O) groups excluding carboxylic acids is 1. The van der Waals surface area contributed by atoms with E-state index >= 15 is 0 Å². The number of ketones is 1. The van der Waals surface area contributed by atoms with E-state index < -0.39 is 17.7 Å². The van der Waals surface area contributed by atoms with Gasteiger partial charge in [0.05, 0.1) is 17.0 Å². The second kappa shape index (κ2) is 4.91. The fraction of sp³-hybridized carbons (Fsp3) is 0.188. The molecule has 0 saturated carbocycles. The molecular weight excluding hydrogens is 281 g/mol. The summed E-state index contributed by atoms with van der Waals surface area (Å²) in [6, 6.07) is 11.5. The first-order valence-electron chi connectivity index (χ1n) is 6.40. The van der Waals surface area contributed by atoms with Crippen molar-refractivity contribution in [1.29, 1.82) is 0 Å². The monoisotopic (exact) mass is 292 g/mol. The van der Waals surface area contributed by atoms with E-state index in [0.29, 0.717) is 16.9 Å². The number of hydrogen-bond donors (Lipinski definition) is 0. The molecule has 3 rings (SSSR count). The van der Waals surface area contributed by atoms with E-state index in [0.717, 1.165) is 12.1 Å². The predicted octanol–water partition coefficient (Wildman–Crippen LogP) is 4.06. The van der Waals surface area contributed by atoms with Gasteiger partial charge in [-0.05, 0) is 29.8 Å². The summed E-state index contributed by atoms with van der Waals surface area (Å²) >= 11 is 0. The Labute approximate surface area is 119 Å². The lowest BCUT2D eigenvalue weighted by Gasteiger charge is -2.24. The fourth-order valence-corrected chi connectivity index (χ4v) is 2.38. The Morgan fingerprint density at radius 1 is 1.00 bits per heavy atom. The van der Waals surface area contributed by atoms with Crippen LogP contribution in [0.3, 0.4) is 0 Å². The number of ether oxygens (including phenoxy) is 1. The molecule has 0 unspecified atom stereocenters. The minimum Gasteiger partial charge on any atom is -0.492 e. The number of halogens is 3. The number of fused-ring (bicyclic) bond motifs is 1. The van der Waals surface area contributed by atoms with E-state index in [1.807, 2.05) is 0 Å². The van der Waals surface area contributed by atoms with Gasteiger partial charge in [-0.1, -0.05) is 24.3 Å². The number of benzene rings is 2. The molecule has 21 heavy (non-hydrogen) atoms. The summed E-state index contributed by atoms with van der Waals surface area (Å²) in [5.74, 6) is -0.176. The van der Waals surface area contributed by atoms with E-state index in [1.165, 1.54) is 12.1 Å². The Bertz CT molecular complexity index is 675. The molecular formula is C16H11F3O2. The average molecular weight is 292 g/mol. The molecule has 2 aromatic rings. The molecule has 0 saturated heterocycles. The molecule has 0 aromatic heterocycles. The molecule has 5 heteroatoms. The van der Waals surface area contributed by atoms with Crippen molar-refractivity contribution in [3.05, 3.63) is 65.2 Å². The molecule has 108 valence electrons. The number of hydrogen-bond acceptors (Lipinski definition) is 2. The van der Waals surface area contributed by atoms with Crippen LogP contribution in [0.4, 0.5) is 13.2 Å². The van der Waals surface area contributed by atoms with Crippen LogP contribution in [0.1, 0.15) is 27.4 Å². The fourth-order valence-electron chi connectivity index (χ4n) is 2.38. The molecule has 0 radical (unpaired) electrons. The molecule has 2 nitrogen and oxygen atoms in total. The molecule has 1 aliphatic heterocycles. The topological polar surface area (TPSA) is 26.3 Å². The Kier molecular flexibility index (Phi) is 3.20. The van der Waals surface area contributed by atoms with E-state index in [1.54, 1.807) is 24.3 Å². The molecule has 0 aliphatic carbocycles. The maximum absolute atomic E-state index is 12.5. The number of Topliss-reactive ketones (excluding diaryl/α,β-unsaturated/α-hetero) is 1. The lowest BCUT2D eigenvalue weighted by atomic mass is 9.88. The molecule has 1 atom stereocenters. The zero-order chi connectivity index (χ0) is 15.0. The molecule has 0 fully saturated rings. The zero-order valence-electron chi connectivity index (χ0n) is 10.9. The Hall–Kier alpha value is -2.30. The van der Waals surface area contributed by atoms with Crippen LogP contribution < -0.4 is 4.74 Å². The summed E-state index contributed by atoms with van der Waals surface area (Å²) in [7, 11) is 0. The van der Waals surface area contributed by atoms with Crippen molar-refractivity contribution in [2.45, 2.75) is 12.1 Å². The van der Waals surface area contributed by atoms with Crippen LogP contribution in [0.2, 0.25) is 0 Å². The van der Waals surface area contributed by atoms with E-state index in [2.05, 4.69) is 0 Å². The maximum atomic E-state index is 12.5. The smallest absolute Gasteiger partial charge is 0.416 e. The predicted molar refractivity (Wildman–Crippen MR) is 70.5 cm³/mol. The number of alkyl halides is 3. The molecule has 1 aliphatic rings. The van der Waals surface area contributed by atoms with Crippen molar-refractivity contribution in [3.63, 3.8) is 0 Å². The zero-order valence-corrected chi connectivity index (χ0v) is 10.9. The van der Waals surface area contributed by atoms with Crippen molar-refractivity contribution in [2.24, 2.45) is 0 Å². The first-order chi connectivity index (χ1) is 9.97. The molecule has 1 heterocycles. The Morgan fingerprint density at radius 3 is 2.33 bits per heavy atom. The van der Waals surface area contributed by atoms with Crippen molar-refractivity contribution < 1.29 is 22.7 Å². The van der Waals surface area contributed by atoms with Crippen LogP contribution in [0.25, 0.3) is 0 Å². The molecule has 2 aromatic carbocycles. The lowest BCUT2D eigenvalue weighted by Crippen LogP contribution is -2.26. The summed E-state index contributed by atoms with van der Waals surface area (Å²) in [5, 5.41) is 0. The number of carbonyl (C=O) groups is 1. The molecule has 0 spiro atoms. The number of rotatable bonds is 1. The van der Waals surface area contributed by atoms with Gasteiger partial charge in [-0.15, -0.1) is 0 Å². The summed E-state index contributed by atoms with van der Waals surface area (Å²) in [6.45, 7) is 0.140. The molecule has 0 bridgehead atoms. The highest BCUT2D eigenvalue weighted by Crippen LogP contribution is 2.34. The van der Waals surface area contributed by atoms with Crippen LogP contribution in [0.15, 0.2) is 48.5 Å². The highest BCUT2D eigenvalue weighted by atomic mass is 19.4. The van der Waals surface area contributed by atoms with Crippen LogP contribution >= 0.6 is 0 Å². The lowest BCUT2D eigenvalue weighted by molar-refractivity contribution is -0.137. The van der Waals surface area contributed by atoms with Crippen molar-refractivity contribution >= 4 is 5.78 Å². The van der Waals surface area contributed by atoms with Gasteiger partial charge in [0.25, 0.3) is 0 Å². The molecule has 0 N–H and O–H groups in total. The summed E-state index contributed by atoms with van der Waals surface area (Å²) < 4.78 is 43.1. The maximum Gasteiger partial charge on any atom is 0.416 e. The average Bonchev–Trinajstić information content (AvgIpc) is 2.47. The summed E-state index contributed by atoms with van der Waals surface area (Å²) in [6.07, 6.45) is -4.38. The Morgan fingerprint density at radius 2 is 1.67 bits per heavy atom. The van der Waals surface area contributed by atoms with Crippen molar-refractivity contribution in [3.8, 4) is 5.75 Å². The highest BCUT2D eigenvalue weighted by molar-refractivity contribution is 6.04. The first-order valence-corrected chi connectivity index (χ1v) is 6.40. The van der Waals surface area contributed by atoms with Gasteiger partial charge in [0.2, 0.25) is 0 Å². The number of para-hydroxylation sites is 1. The standard InChI is InChI=1S/C16H11F3O2/c17-16(18,19)11-7-5-10(6-8-11)13-9-21-14-4-2-1-3-12(14)15(13)20/h1-8,13H,9H2/t13-/m0/s1. The van der Waals surface area contributed by atoms with Crippen LogP contribution in [-0.4, -0.2) is 12.4 Å². The summed E-state index contributed by atoms with van der Waals surface area (Å²) in [5.41, 5.74) is 0.270.